The molecule has 5 rings (SSSR count). The Hall–Kier alpha value is -3.58. The number of hydrogen-bond acceptors (Lipinski definition) is 3. The van der Waals surface area contributed by atoms with Crippen LogP contribution in [0.2, 0.25) is 0 Å². The van der Waals surface area contributed by atoms with Gasteiger partial charge in [0, 0.05) is 23.8 Å². The predicted molar refractivity (Wildman–Crippen MR) is 127 cm³/mol. The zero-order valence-corrected chi connectivity index (χ0v) is 18.6. The maximum Gasteiger partial charge on any atom is 0.174 e. The molecule has 0 aliphatic carbocycles. The molecule has 1 aromatic carbocycles. The van der Waals surface area contributed by atoms with Gasteiger partial charge >= 0.3 is 0 Å². The number of rotatable bonds is 4. The first-order chi connectivity index (χ1) is 15.6. The minimum atomic E-state index is -0.315. The fourth-order valence-corrected chi connectivity index (χ4v) is 4.89. The lowest BCUT2D eigenvalue weighted by Gasteiger charge is -2.28. The Morgan fingerprint density at radius 1 is 1.00 bits per heavy atom. The Kier molecular flexibility index (Phi) is 5.19. The molecular formula is C25H22FN5S. The maximum absolute atomic E-state index is 14.9. The molecule has 4 heterocycles. The molecule has 3 aromatic heterocycles. The molecule has 1 fully saturated rings. The second-order valence-corrected chi connectivity index (χ2v) is 8.21. The highest BCUT2D eigenvalue weighted by atomic mass is 32.1. The third-order valence-electron chi connectivity index (χ3n) is 5.90. The van der Waals surface area contributed by atoms with Crippen molar-refractivity contribution >= 4 is 23.0 Å². The van der Waals surface area contributed by atoms with Crippen molar-refractivity contribution in [2.75, 3.05) is 4.90 Å². The van der Waals surface area contributed by atoms with Crippen molar-refractivity contribution in [2.45, 2.75) is 25.9 Å². The van der Waals surface area contributed by atoms with Gasteiger partial charge in [-0.15, -0.1) is 0 Å². The van der Waals surface area contributed by atoms with E-state index < -0.39 is 0 Å². The van der Waals surface area contributed by atoms with E-state index in [1.165, 1.54) is 6.07 Å². The number of aryl methyl sites for hydroxylation is 1. The Balaban J connectivity index is 1.70. The van der Waals surface area contributed by atoms with Crippen molar-refractivity contribution in [3.63, 3.8) is 0 Å². The van der Waals surface area contributed by atoms with Crippen LogP contribution in [0.1, 0.15) is 34.7 Å². The van der Waals surface area contributed by atoms with Gasteiger partial charge in [0.05, 0.1) is 35.3 Å². The minimum Gasteiger partial charge on any atom is -0.351 e. The zero-order chi connectivity index (χ0) is 22.2. The summed E-state index contributed by atoms with van der Waals surface area (Å²) in [6.45, 7) is 4.14. The molecule has 1 aliphatic rings. The molecule has 2 unspecified atom stereocenters. The number of nitrogens with zero attached hydrogens (tertiary/aromatic N) is 4. The number of pyridine rings is 2. The van der Waals surface area contributed by atoms with Crippen LogP contribution in [0.3, 0.4) is 0 Å². The van der Waals surface area contributed by atoms with E-state index in [9.17, 15) is 4.39 Å². The van der Waals surface area contributed by atoms with Crippen molar-refractivity contribution in [2.24, 2.45) is 0 Å². The maximum atomic E-state index is 14.9. The quantitative estimate of drug-likeness (QED) is 0.439. The lowest BCUT2D eigenvalue weighted by Crippen LogP contribution is -2.30. The van der Waals surface area contributed by atoms with Gasteiger partial charge in [0.2, 0.25) is 0 Å². The summed E-state index contributed by atoms with van der Waals surface area (Å²) < 4.78 is 17.1. The molecule has 32 heavy (non-hydrogen) atoms. The van der Waals surface area contributed by atoms with Crippen molar-refractivity contribution in [1.29, 1.82) is 0 Å². The first-order valence-corrected chi connectivity index (χ1v) is 10.8. The first kappa shape index (κ1) is 20.3. The fraction of sp³-hybridized carbons (Fsp3) is 0.160. The average molecular weight is 444 g/mol. The fourth-order valence-electron chi connectivity index (χ4n) is 4.55. The summed E-state index contributed by atoms with van der Waals surface area (Å²) in [4.78, 5) is 10.7. The second kappa shape index (κ2) is 8.16. The Bertz CT molecular complexity index is 1270. The lowest BCUT2D eigenvalue weighted by molar-refractivity contribution is 0.556. The number of para-hydroxylation sites is 1. The summed E-state index contributed by atoms with van der Waals surface area (Å²) in [7, 11) is 0. The molecule has 0 bridgehead atoms. The van der Waals surface area contributed by atoms with Gasteiger partial charge < -0.3 is 14.8 Å². The van der Waals surface area contributed by atoms with Crippen LogP contribution in [0.15, 0.2) is 79.3 Å². The highest BCUT2D eigenvalue weighted by Crippen LogP contribution is 2.44. The number of benzene rings is 1. The summed E-state index contributed by atoms with van der Waals surface area (Å²) in [6, 6.07) is 18.1. The SMILES string of the molecule is Cc1cc(C2C(c3ccccn3)NC(=S)N2c2ccccc2F)c(C)n1-c1cccnc1. The number of anilines is 1. The Labute approximate surface area is 191 Å². The standard InChI is InChI=1S/C25H22FN5S/c1-16-14-19(17(2)30(16)18-8-7-12-27-15-18)24-23(21-10-5-6-13-28-21)29-25(32)31(24)22-11-4-3-9-20(22)26/h3-15,23-24H,1-2H3,(H,29,32). The number of thiocarbonyl (C=S) groups is 1. The largest absolute Gasteiger partial charge is 0.351 e. The molecule has 1 aliphatic heterocycles. The van der Waals surface area contributed by atoms with E-state index in [2.05, 4.69) is 39.8 Å². The van der Waals surface area contributed by atoms with E-state index in [1.807, 2.05) is 47.5 Å². The van der Waals surface area contributed by atoms with Crippen LogP contribution in [0.4, 0.5) is 10.1 Å². The van der Waals surface area contributed by atoms with Crippen molar-refractivity contribution in [1.82, 2.24) is 19.9 Å². The van der Waals surface area contributed by atoms with Crippen molar-refractivity contribution in [3.8, 4) is 5.69 Å². The van der Waals surface area contributed by atoms with E-state index in [0.29, 0.717) is 10.8 Å². The highest BCUT2D eigenvalue weighted by Gasteiger charge is 2.43. The van der Waals surface area contributed by atoms with Gasteiger partial charge in [0.25, 0.3) is 0 Å². The first-order valence-electron chi connectivity index (χ1n) is 10.4. The minimum absolute atomic E-state index is 0.230. The Morgan fingerprint density at radius 3 is 2.53 bits per heavy atom. The molecule has 0 amide bonds. The van der Waals surface area contributed by atoms with E-state index in [-0.39, 0.29) is 17.9 Å². The third-order valence-corrected chi connectivity index (χ3v) is 6.22. The van der Waals surface area contributed by atoms with Crippen LogP contribution < -0.4 is 10.2 Å². The lowest BCUT2D eigenvalue weighted by atomic mass is 9.96. The van der Waals surface area contributed by atoms with Crippen molar-refractivity contribution in [3.05, 3.63) is 108 Å². The molecule has 4 aromatic rings. The van der Waals surface area contributed by atoms with Crippen LogP contribution in [-0.2, 0) is 0 Å². The molecule has 5 nitrogen and oxygen atoms in total. The molecule has 7 heteroatoms. The number of aromatic nitrogens is 3. The summed E-state index contributed by atoms with van der Waals surface area (Å²) in [5.74, 6) is -0.315. The monoisotopic (exact) mass is 443 g/mol. The van der Waals surface area contributed by atoms with Gasteiger partial charge in [-0.25, -0.2) is 4.39 Å². The second-order valence-electron chi connectivity index (χ2n) is 7.82. The number of halogens is 1. The smallest absolute Gasteiger partial charge is 0.174 e. The number of hydrogen-bond donors (Lipinski definition) is 1. The van der Waals surface area contributed by atoms with E-state index in [0.717, 1.165) is 28.3 Å². The summed E-state index contributed by atoms with van der Waals surface area (Å²) in [5, 5.41) is 3.87. The molecule has 0 spiro atoms. The van der Waals surface area contributed by atoms with Gasteiger partial charge in [-0.2, -0.15) is 0 Å². The van der Waals surface area contributed by atoms with E-state index >= 15 is 0 Å². The summed E-state index contributed by atoms with van der Waals surface area (Å²) in [6.07, 6.45) is 5.36. The molecule has 0 saturated carbocycles. The topological polar surface area (TPSA) is 46.0 Å². The van der Waals surface area contributed by atoms with Gasteiger partial charge in [-0.05, 0) is 74.1 Å². The van der Waals surface area contributed by atoms with Crippen LogP contribution >= 0.6 is 12.2 Å². The van der Waals surface area contributed by atoms with E-state index in [4.69, 9.17) is 12.2 Å². The summed E-state index contributed by atoms with van der Waals surface area (Å²) >= 11 is 5.72. The molecule has 0 radical (unpaired) electrons. The van der Waals surface area contributed by atoms with Gasteiger partial charge in [0.15, 0.2) is 5.11 Å². The average Bonchev–Trinajstić information content (AvgIpc) is 3.30. The van der Waals surface area contributed by atoms with Gasteiger partial charge in [0.1, 0.15) is 5.82 Å². The van der Waals surface area contributed by atoms with Crippen LogP contribution in [0.5, 0.6) is 0 Å². The summed E-state index contributed by atoms with van der Waals surface area (Å²) in [5.41, 5.74) is 5.45. The molecule has 1 N–H and O–H groups in total. The zero-order valence-electron chi connectivity index (χ0n) is 17.7. The van der Waals surface area contributed by atoms with Gasteiger partial charge in [-0.3, -0.25) is 9.97 Å². The highest BCUT2D eigenvalue weighted by molar-refractivity contribution is 7.80. The molecular weight excluding hydrogens is 421 g/mol. The van der Waals surface area contributed by atoms with Crippen LogP contribution in [0, 0.1) is 19.7 Å². The van der Waals surface area contributed by atoms with Crippen molar-refractivity contribution < 1.29 is 4.39 Å². The third kappa shape index (κ3) is 3.35. The molecule has 2 atom stereocenters. The Morgan fingerprint density at radius 2 is 1.81 bits per heavy atom. The normalized spacial score (nSPS) is 18.1. The van der Waals surface area contributed by atoms with Gasteiger partial charge in [-0.1, -0.05) is 18.2 Å². The van der Waals surface area contributed by atoms with Crippen LogP contribution in [0.25, 0.3) is 5.69 Å². The van der Waals surface area contributed by atoms with Crippen LogP contribution in [-0.4, -0.2) is 19.6 Å². The molecule has 1 saturated heterocycles. The molecule has 160 valence electrons. The van der Waals surface area contributed by atoms with E-state index in [1.54, 1.807) is 24.5 Å². The predicted octanol–water partition coefficient (Wildman–Crippen LogP) is 5.20. The number of nitrogens with one attached hydrogen (secondary N) is 1.